The number of hydrazone groups is 1. The fourth-order valence-corrected chi connectivity index (χ4v) is 2.72. The molecule has 4 rings (SSSR count). The van der Waals surface area contributed by atoms with Gasteiger partial charge in [-0.3, -0.25) is 5.43 Å². The number of rotatable bonds is 3. The number of anilines is 1. The minimum Gasteiger partial charge on any atom is -0.508 e. The molecule has 0 amide bonds. The number of phenolic OH excluding ortho intramolecular Hbond substituents is 3. The third-order valence-electron chi connectivity index (χ3n) is 4.15. The molecule has 27 heavy (non-hydrogen) atoms. The lowest BCUT2D eigenvalue weighted by molar-refractivity contribution is 0.474. The summed E-state index contributed by atoms with van der Waals surface area (Å²) in [6, 6.07) is 20.3. The van der Waals surface area contributed by atoms with Gasteiger partial charge in [0.2, 0.25) is 0 Å². The third kappa shape index (κ3) is 3.55. The van der Waals surface area contributed by atoms with E-state index in [0.717, 1.165) is 22.5 Å². The predicted octanol–water partition coefficient (Wildman–Crippen LogP) is 3.57. The molecule has 3 aromatic carbocycles. The van der Waals surface area contributed by atoms with E-state index in [1.807, 2.05) is 18.2 Å². The van der Waals surface area contributed by atoms with Crippen LogP contribution in [0.2, 0.25) is 0 Å². The molecule has 0 saturated heterocycles. The van der Waals surface area contributed by atoms with E-state index in [9.17, 15) is 15.3 Å². The number of hydrogen-bond donors (Lipinski definition) is 4. The Morgan fingerprint density at radius 3 is 1.67 bits per heavy atom. The van der Waals surface area contributed by atoms with Crippen molar-refractivity contribution in [1.29, 1.82) is 0 Å². The summed E-state index contributed by atoms with van der Waals surface area (Å²) in [5, 5.41) is 34.9. The quantitative estimate of drug-likeness (QED) is 0.574. The van der Waals surface area contributed by atoms with Gasteiger partial charge in [0.1, 0.15) is 17.2 Å². The summed E-state index contributed by atoms with van der Waals surface area (Å²) >= 11 is 0. The average molecular weight is 359 g/mol. The van der Waals surface area contributed by atoms with Crippen LogP contribution in [-0.2, 0) is 0 Å². The number of aromatic hydroxyl groups is 3. The Kier molecular flexibility index (Phi) is 4.14. The molecule has 134 valence electrons. The van der Waals surface area contributed by atoms with E-state index in [1.54, 1.807) is 65.8 Å². The van der Waals surface area contributed by atoms with Gasteiger partial charge in [-0.25, -0.2) is 0 Å². The molecule has 6 heteroatoms. The highest BCUT2D eigenvalue weighted by Gasteiger charge is 2.17. The van der Waals surface area contributed by atoms with E-state index >= 15 is 0 Å². The minimum absolute atomic E-state index is 0.174. The van der Waals surface area contributed by atoms with Crippen molar-refractivity contribution in [2.24, 2.45) is 5.10 Å². The zero-order valence-corrected chi connectivity index (χ0v) is 14.2. The van der Waals surface area contributed by atoms with E-state index in [2.05, 4.69) is 10.5 Å². The van der Waals surface area contributed by atoms with Crippen LogP contribution in [0, 0.1) is 0 Å². The second-order valence-corrected chi connectivity index (χ2v) is 6.08. The molecule has 4 N–H and O–H groups in total. The van der Waals surface area contributed by atoms with Crippen LogP contribution in [0.4, 0.5) is 5.69 Å². The first-order valence-electron chi connectivity index (χ1n) is 8.33. The fourth-order valence-electron chi connectivity index (χ4n) is 2.72. The summed E-state index contributed by atoms with van der Waals surface area (Å²) in [7, 11) is 0. The zero-order valence-electron chi connectivity index (χ0n) is 14.2. The minimum atomic E-state index is 0.174. The van der Waals surface area contributed by atoms with Gasteiger partial charge < -0.3 is 15.3 Å². The number of phenols is 3. The van der Waals surface area contributed by atoms with Crippen LogP contribution in [0.5, 0.6) is 17.2 Å². The van der Waals surface area contributed by atoms with Gasteiger partial charge in [-0.15, -0.1) is 0 Å². The van der Waals surface area contributed by atoms with Crippen molar-refractivity contribution in [2.45, 2.75) is 0 Å². The van der Waals surface area contributed by atoms with Crippen LogP contribution in [0.1, 0.15) is 11.1 Å². The molecule has 1 heterocycles. The Hall–Kier alpha value is -3.93. The van der Waals surface area contributed by atoms with Crippen LogP contribution < -0.4 is 10.5 Å². The van der Waals surface area contributed by atoms with Gasteiger partial charge >= 0.3 is 0 Å². The van der Waals surface area contributed by atoms with Crippen LogP contribution in [0.25, 0.3) is 5.70 Å². The zero-order chi connectivity index (χ0) is 18.8. The fraction of sp³-hybridized carbons (Fsp3) is 0. The van der Waals surface area contributed by atoms with Gasteiger partial charge in [0.05, 0.1) is 17.1 Å². The van der Waals surface area contributed by atoms with Crippen molar-refractivity contribution in [2.75, 3.05) is 5.12 Å². The molecule has 3 aromatic rings. The van der Waals surface area contributed by atoms with E-state index in [1.165, 1.54) is 0 Å². The number of allylic oxidation sites excluding steroid dienone is 1. The smallest absolute Gasteiger partial charge is 0.115 e. The Balaban J connectivity index is 1.77. The van der Waals surface area contributed by atoms with Gasteiger partial charge in [0.15, 0.2) is 0 Å². The molecule has 0 atom stereocenters. The molecule has 1 aliphatic heterocycles. The van der Waals surface area contributed by atoms with Crippen LogP contribution in [0.15, 0.2) is 84.0 Å². The summed E-state index contributed by atoms with van der Waals surface area (Å²) in [6.45, 7) is 0. The summed E-state index contributed by atoms with van der Waals surface area (Å²) < 4.78 is 0. The monoisotopic (exact) mass is 359 g/mol. The first-order valence-corrected chi connectivity index (χ1v) is 8.33. The molecular weight excluding hydrogens is 342 g/mol. The van der Waals surface area contributed by atoms with Gasteiger partial charge in [0.25, 0.3) is 0 Å². The number of nitrogens with one attached hydrogen (secondary N) is 1. The molecule has 0 spiro atoms. The first-order chi connectivity index (χ1) is 13.1. The number of hydrazine groups is 1. The first kappa shape index (κ1) is 16.5. The molecule has 0 radical (unpaired) electrons. The molecule has 0 unspecified atom stereocenters. The topological polar surface area (TPSA) is 88.3 Å². The Labute approximate surface area is 155 Å². The molecule has 0 aliphatic carbocycles. The van der Waals surface area contributed by atoms with E-state index in [-0.39, 0.29) is 17.2 Å². The Bertz CT molecular complexity index is 1010. The lowest BCUT2D eigenvalue weighted by atomic mass is 10.1. The maximum absolute atomic E-state index is 9.55. The molecule has 0 fully saturated rings. The highest BCUT2D eigenvalue weighted by Crippen LogP contribution is 2.25. The van der Waals surface area contributed by atoms with E-state index < -0.39 is 0 Å². The summed E-state index contributed by atoms with van der Waals surface area (Å²) in [5.74, 6) is 0.553. The van der Waals surface area contributed by atoms with Crippen molar-refractivity contribution in [3.8, 4) is 17.2 Å². The third-order valence-corrected chi connectivity index (χ3v) is 4.15. The van der Waals surface area contributed by atoms with Crippen molar-refractivity contribution in [1.82, 2.24) is 5.43 Å². The second-order valence-electron chi connectivity index (χ2n) is 6.08. The maximum Gasteiger partial charge on any atom is 0.115 e. The van der Waals surface area contributed by atoms with Gasteiger partial charge in [-0.2, -0.15) is 10.2 Å². The van der Waals surface area contributed by atoms with Crippen molar-refractivity contribution >= 4 is 17.1 Å². The molecule has 6 nitrogen and oxygen atoms in total. The summed E-state index contributed by atoms with van der Waals surface area (Å²) in [6.07, 6.45) is 1.90. The largest absolute Gasteiger partial charge is 0.508 e. The molecule has 0 saturated carbocycles. The number of hydrogen-bond acceptors (Lipinski definition) is 6. The van der Waals surface area contributed by atoms with Gasteiger partial charge in [-0.05, 0) is 84.4 Å². The SMILES string of the molecule is Oc1ccc(C2=CC(c3ccc(O)cc3)=NN(c3ccc(O)cc3)N2)cc1. The molecule has 0 aromatic heterocycles. The standard InChI is InChI=1S/C21H17N3O3/c25-17-7-1-14(2-8-17)20-13-21(15-3-9-18(26)10-4-15)23-24(22-20)16-5-11-19(27)12-6-16/h1-13,22,25-27H. The van der Waals surface area contributed by atoms with Crippen molar-refractivity contribution in [3.63, 3.8) is 0 Å². The van der Waals surface area contributed by atoms with Crippen LogP contribution >= 0.6 is 0 Å². The highest BCUT2D eigenvalue weighted by molar-refractivity contribution is 6.13. The van der Waals surface area contributed by atoms with Crippen LogP contribution in [-0.4, -0.2) is 21.0 Å². The molecular formula is C21H17N3O3. The lowest BCUT2D eigenvalue weighted by Gasteiger charge is -2.28. The Morgan fingerprint density at radius 2 is 1.11 bits per heavy atom. The Morgan fingerprint density at radius 1 is 0.630 bits per heavy atom. The normalized spacial score (nSPS) is 13.6. The molecule has 0 bridgehead atoms. The average Bonchev–Trinajstić information content (AvgIpc) is 2.69. The number of nitrogens with zero attached hydrogens (tertiary/aromatic N) is 2. The number of benzene rings is 3. The van der Waals surface area contributed by atoms with E-state index in [0.29, 0.717) is 5.71 Å². The van der Waals surface area contributed by atoms with Gasteiger partial charge in [-0.1, -0.05) is 0 Å². The van der Waals surface area contributed by atoms with Crippen molar-refractivity contribution < 1.29 is 15.3 Å². The van der Waals surface area contributed by atoms with Crippen molar-refractivity contribution in [3.05, 3.63) is 90.0 Å². The van der Waals surface area contributed by atoms with Gasteiger partial charge in [0, 0.05) is 5.56 Å². The van der Waals surface area contributed by atoms with Crippen LogP contribution in [0.3, 0.4) is 0 Å². The lowest BCUT2D eigenvalue weighted by Crippen LogP contribution is -2.36. The summed E-state index contributed by atoms with van der Waals surface area (Å²) in [4.78, 5) is 0. The molecule has 1 aliphatic rings. The van der Waals surface area contributed by atoms with E-state index in [4.69, 9.17) is 0 Å². The second kappa shape index (κ2) is 6.76. The highest BCUT2D eigenvalue weighted by atomic mass is 16.3. The predicted molar refractivity (Wildman–Crippen MR) is 104 cm³/mol. The maximum atomic E-state index is 9.55. The summed E-state index contributed by atoms with van der Waals surface area (Å²) in [5.41, 5.74) is 7.19.